The third-order valence-corrected chi connectivity index (χ3v) is 16.9. The van der Waals surface area contributed by atoms with Crippen LogP contribution in [-0.4, -0.2) is 0 Å². The van der Waals surface area contributed by atoms with Gasteiger partial charge in [0.05, 0.1) is 0 Å². The van der Waals surface area contributed by atoms with Crippen LogP contribution < -0.4 is 0 Å². The molecule has 0 nitrogen and oxygen atoms in total. The minimum atomic E-state index is -0.149. The topological polar surface area (TPSA) is 0 Å². The SMILES string of the molecule is Cc1cc(-c2ccc(-c3ccc(-c4ccc5c(c4)C(C)(C)c4cc(-c6ccc7c(c6)C(C)(C)c6cc(-c8cc(C)cc(-c9c(C)cc(C)cc9C)c8)ccc6-7)ccc4-5)cc3)cc2)cc(-c2c(C)cc(C)cc2C)c1. The highest BCUT2D eigenvalue weighted by Gasteiger charge is 2.38. The van der Waals surface area contributed by atoms with Gasteiger partial charge in [0.25, 0.3) is 0 Å². The van der Waals surface area contributed by atoms with E-state index in [9.17, 15) is 0 Å². The summed E-state index contributed by atoms with van der Waals surface area (Å²) < 4.78 is 0. The van der Waals surface area contributed by atoms with Crippen LogP contribution in [0.3, 0.4) is 0 Å². The molecule has 0 unspecified atom stereocenters. The highest BCUT2D eigenvalue weighted by Crippen LogP contribution is 2.53. The molecule has 0 saturated carbocycles. The van der Waals surface area contributed by atoms with Gasteiger partial charge in [0.1, 0.15) is 0 Å². The monoisotopic (exact) mass is 955 g/mol. The van der Waals surface area contributed by atoms with Gasteiger partial charge in [0.2, 0.25) is 0 Å². The lowest BCUT2D eigenvalue weighted by molar-refractivity contribution is 0.660. The molecule has 2 aliphatic rings. The van der Waals surface area contributed by atoms with Gasteiger partial charge in [-0.2, -0.15) is 0 Å². The first-order valence-corrected chi connectivity index (χ1v) is 26.6. The molecule has 0 aromatic heterocycles. The molecule has 0 heteroatoms. The molecular formula is C74H66. The summed E-state index contributed by atoms with van der Waals surface area (Å²) in [5.74, 6) is 0. The predicted molar refractivity (Wildman–Crippen MR) is 318 cm³/mol. The van der Waals surface area contributed by atoms with Crippen LogP contribution in [0.4, 0.5) is 0 Å². The van der Waals surface area contributed by atoms with Crippen LogP contribution in [0.1, 0.15) is 94.5 Å². The first-order chi connectivity index (χ1) is 35.4. The summed E-state index contributed by atoms with van der Waals surface area (Å²) in [6, 6.07) is 70.2. The zero-order valence-electron chi connectivity index (χ0n) is 45.3. The van der Waals surface area contributed by atoms with Gasteiger partial charge in [-0.05, 0) is 248 Å². The summed E-state index contributed by atoms with van der Waals surface area (Å²) in [7, 11) is 0. The van der Waals surface area contributed by atoms with E-state index >= 15 is 0 Å². The highest BCUT2D eigenvalue weighted by molar-refractivity contribution is 5.90. The van der Waals surface area contributed by atoms with Crippen molar-refractivity contribution in [1.29, 1.82) is 0 Å². The standard InChI is InChI=1S/C74H66/c1-43-29-47(5)71(48(6)30-43)61-35-45(3)33-59(37-61)54-19-15-52(16-20-54)51-13-17-53(18-14-51)55-21-25-63-64-26-22-56(40-68(64)73(9,10)67(63)39-55)57-23-27-65-66-28-24-58(42-70(66)74(11,12)69(65)41-57)60-34-46(4)36-62(38-60)72-49(7)31-44(2)32-50(72)8/h13-42H,1-12H3. The van der Waals surface area contributed by atoms with Gasteiger partial charge in [0, 0.05) is 10.8 Å². The minimum Gasteiger partial charge on any atom is -0.0557 e. The van der Waals surface area contributed by atoms with Crippen LogP contribution in [-0.2, 0) is 10.8 Å². The Hall–Kier alpha value is -7.80. The quantitative estimate of drug-likeness (QED) is 0.149. The van der Waals surface area contributed by atoms with E-state index < -0.39 is 0 Å². The third-order valence-electron chi connectivity index (χ3n) is 16.9. The lowest BCUT2D eigenvalue weighted by Gasteiger charge is -2.24. The van der Waals surface area contributed by atoms with Gasteiger partial charge < -0.3 is 0 Å². The maximum atomic E-state index is 2.48. The normalized spacial score (nSPS) is 13.6. The molecule has 0 fully saturated rings. The molecule has 0 aliphatic heterocycles. The molecule has 0 heterocycles. The van der Waals surface area contributed by atoms with E-state index in [0.717, 1.165) is 0 Å². The third kappa shape index (κ3) is 7.90. The molecular weight excluding hydrogens is 889 g/mol. The van der Waals surface area contributed by atoms with Gasteiger partial charge in [-0.25, -0.2) is 0 Å². The van der Waals surface area contributed by atoms with Crippen molar-refractivity contribution < 1.29 is 0 Å². The fraction of sp³-hybridized carbons (Fsp3) is 0.189. The smallest absolute Gasteiger partial charge is 0.0159 e. The Morgan fingerprint density at radius 3 is 0.743 bits per heavy atom. The second kappa shape index (κ2) is 17.4. The van der Waals surface area contributed by atoms with Crippen LogP contribution in [0.2, 0.25) is 0 Å². The van der Waals surface area contributed by atoms with Crippen molar-refractivity contribution in [3.05, 3.63) is 249 Å². The molecule has 0 amide bonds. The Bertz CT molecular complexity index is 3890. The summed E-state index contributed by atoms with van der Waals surface area (Å²) in [4.78, 5) is 0. The number of aryl methyl sites for hydroxylation is 8. The summed E-state index contributed by atoms with van der Waals surface area (Å²) in [5, 5.41) is 0. The molecule has 0 radical (unpaired) electrons. The van der Waals surface area contributed by atoms with Crippen molar-refractivity contribution in [1.82, 2.24) is 0 Å². The number of rotatable bonds is 7. The Balaban J connectivity index is 0.784. The van der Waals surface area contributed by atoms with Crippen molar-refractivity contribution in [3.63, 3.8) is 0 Å². The maximum absolute atomic E-state index is 2.48. The Morgan fingerprint density at radius 2 is 0.419 bits per heavy atom. The van der Waals surface area contributed by atoms with Crippen molar-refractivity contribution in [3.8, 4) is 100 Å². The van der Waals surface area contributed by atoms with Crippen LogP contribution in [0.15, 0.2) is 182 Å². The van der Waals surface area contributed by atoms with Crippen LogP contribution in [0.5, 0.6) is 0 Å². The second-order valence-electron chi connectivity index (χ2n) is 23.2. The lowest BCUT2D eigenvalue weighted by Crippen LogP contribution is -2.15. The number of hydrogen-bond acceptors (Lipinski definition) is 0. The average Bonchev–Trinajstić information content (AvgIpc) is 3.73. The fourth-order valence-electron chi connectivity index (χ4n) is 13.4. The van der Waals surface area contributed by atoms with Crippen LogP contribution in [0.25, 0.3) is 100 Å². The number of fused-ring (bicyclic) bond motifs is 6. The number of benzene rings is 10. The molecule has 10 aromatic carbocycles. The molecule has 10 aromatic rings. The number of hydrogen-bond donors (Lipinski definition) is 0. The predicted octanol–water partition coefficient (Wildman–Crippen LogP) is 20.4. The van der Waals surface area contributed by atoms with Crippen molar-refractivity contribution in [2.45, 2.75) is 93.9 Å². The molecule has 0 saturated heterocycles. The Kier molecular flexibility index (Phi) is 11.1. The van der Waals surface area contributed by atoms with E-state index in [1.165, 1.54) is 167 Å². The molecule has 362 valence electrons. The van der Waals surface area contributed by atoms with Crippen LogP contribution in [0, 0.1) is 55.4 Å². The first kappa shape index (κ1) is 47.2. The van der Waals surface area contributed by atoms with E-state index in [4.69, 9.17) is 0 Å². The highest BCUT2D eigenvalue weighted by atomic mass is 14.4. The van der Waals surface area contributed by atoms with E-state index in [0.29, 0.717) is 0 Å². The van der Waals surface area contributed by atoms with E-state index in [1.54, 1.807) is 0 Å². The summed E-state index contributed by atoms with van der Waals surface area (Å²) in [5.41, 5.74) is 39.0. The van der Waals surface area contributed by atoms with Gasteiger partial charge >= 0.3 is 0 Å². The summed E-state index contributed by atoms with van der Waals surface area (Å²) in [6.45, 7) is 27.4. The van der Waals surface area contributed by atoms with Crippen molar-refractivity contribution in [2.75, 3.05) is 0 Å². The summed E-state index contributed by atoms with van der Waals surface area (Å²) >= 11 is 0. The van der Waals surface area contributed by atoms with Gasteiger partial charge in [-0.15, -0.1) is 0 Å². The lowest BCUT2D eigenvalue weighted by atomic mass is 9.79. The molecule has 12 rings (SSSR count). The molecule has 0 N–H and O–H groups in total. The molecule has 2 aliphatic carbocycles. The average molecular weight is 955 g/mol. The zero-order chi connectivity index (χ0) is 51.5. The fourth-order valence-corrected chi connectivity index (χ4v) is 13.4. The second-order valence-corrected chi connectivity index (χ2v) is 23.2. The maximum Gasteiger partial charge on any atom is 0.0159 e. The molecule has 0 atom stereocenters. The largest absolute Gasteiger partial charge is 0.0557 e. The molecule has 0 bridgehead atoms. The first-order valence-electron chi connectivity index (χ1n) is 26.6. The van der Waals surface area contributed by atoms with E-state index in [-0.39, 0.29) is 10.8 Å². The van der Waals surface area contributed by atoms with Gasteiger partial charge in [0.15, 0.2) is 0 Å². The molecule has 74 heavy (non-hydrogen) atoms. The molecule has 0 spiro atoms. The zero-order valence-corrected chi connectivity index (χ0v) is 45.3. The van der Waals surface area contributed by atoms with Crippen LogP contribution >= 0.6 is 0 Å². The van der Waals surface area contributed by atoms with E-state index in [1.807, 2.05) is 0 Å². The van der Waals surface area contributed by atoms with Gasteiger partial charge in [-0.1, -0.05) is 184 Å². The van der Waals surface area contributed by atoms with Gasteiger partial charge in [-0.3, -0.25) is 0 Å². The Labute approximate surface area is 440 Å². The minimum absolute atomic E-state index is 0.146. The Morgan fingerprint density at radius 1 is 0.203 bits per heavy atom. The summed E-state index contributed by atoms with van der Waals surface area (Å²) in [6.07, 6.45) is 0. The van der Waals surface area contributed by atoms with Crippen molar-refractivity contribution in [2.24, 2.45) is 0 Å². The van der Waals surface area contributed by atoms with E-state index in [2.05, 4.69) is 265 Å². The van der Waals surface area contributed by atoms with Crippen molar-refractivity contribution >= 4 is 0 Å².